The third-order valence-electron chi connectivity index (χ3n) is 2.09. The molecule has 0 amide bonds. The highest BCUT2D eigenvalue weighted by Crippen LogP contribution is 2.42. The molecule has 0 bridgehead atoms. The summed E-state index contributed by atoms with van der Waals surface area (Å²) in [5.74, 6) is -0.681. The second kappa shape index (κ2) is 6.30. The molecule has 102 valence electrons. The summed E-state index contributed by atoms with van der Waals surface area (Å²) in [6.45, 7) is 0. The Balaban J connectivity index is 3.33. The number of carbonyl (C=O) groups is 1. The molecule has 1 rings (SSSR count). The molecule has 0 aliphatic heterocycles. The van der Waals surface area contributed by atoms with Crippen molar-refractivity contribution < 1.29 is 22.7 Å². The van der Waals surface area contributed by atoms with Crippen LogP contribution < -0.4 is 0 Å². The van der Waals surface area contributed by atoms with Crippen molar-refractivity contribution in [2.45, 2.75) is 16.8 Å². The highest BCUT2D eigenvalue weighted by Gasteiger charge is 2.32. The van der Waals surface area contributed by atoms with Crippen LogP contribution in [0.2, 0.25) is 0 Å². The van der Waals surface area contributed by atoms with E-state index < -0.39 is 23.2 Å². The zero-order valence-electron chi connectivity index (χ0n) is 9.55. The fraction of sp³-hybridized carbons (Fsp3) is 0.273. The normalized spacial score (nSPS) is 10.9. The standard InChI is InChI=1S/C11H7BrF3NO2S/c1-18-9(17)4-7-8(12)3-2-6(5-16)10(7)19-11(13,14)15/h2-3H,4H2,1H3. The average molecular weight is 354 g/mol. The molecule has 0 saturated carbocycles. The molecular formula is C11H7BrF3NO2S. The molecule has 0 N–H and O–H groups in total. The maximum Gasteiger partial charge on any atom is 0.446 e. The van der Waals surface area contributed by atoms with Gasteiger partial charge in [0.2, 0.25) is 0 Å². The number of halogens is 4. The summed E-state index contributed by atoms with van der Waals surface area (Å²) in [5.41, 5.74) is -4.59. The van der Waals surface area contributed by atoms with Crippen LogP contribution in [0.15, 0.2) is 21.5 Å². The van der Waals surface area contributed by atoms with Gasteiger partial charge in [0.15, 0.2) is 0 Å². The van der Waals surface area contributed by atoms with Crippen LogP contribution in [0.25, 0.3) is 0 Å². The first-order valence-electron chi connectivity index (χ1n) is 4.82. The van der Waals surface area contributed by atoms with Crippen LogP contribution in [0.1, 0.15) is 11.1 Å². The number of thioether (sulfide) groups is 1. The molecular weight excluding hydrogens is 347 g/mol. The van der Waals surface area contributed by atoms with Crippen LogP contribution >= 0.6 is 27.7 Å². The van der Waals surface area contributed by atoms with E-state index in [1.165, 1.54) is 12.1 Å². The Morgan fingerprint density at radius 1 is 1.53 bits per heavy atom. The minimum atomic E-state index is -4.54. The highest BCUT2D eigenvalue weighted by molar-refractivity contribution is 9.10. The van der Waals surface area contributed by atoms with Crippen LogP contribution in [-0.4, -0.2) is 18.6 Å². The van der Waals surface area contributed by atoms with Crippen LogP contribution in [0.5, 0.6) is 0 Å². The number of ether oxygens (including phenoxy) is 1. The monoisotopic (exact) mass is 353 g/mol. The summed E-state index contributed by atoms with van der Waals surface area (Å²) in [5, 5.41) is 8.86. The number of alkyl halides is 3. The number of methoxy groups -OCH3 is 1. The van der Waals surface area contributed by atoms with Gasteiger partial charge in [-0.25, -0.2) is 0 Å². The van der Waals surface area contributed by atoms with Gasteiger partial charge in [-0.15, -0.1) is 0 Å². The largest absolute Gasteiger partial charge is 0.469 e. The van der Waals surface area contributed by atoms with Gasteiger partial charge in [0.25, 0.3) is 0 Å². The minimum absolute atomic E-state index is 0.0909. The van der Waals surface area contributed by atoms with Gasteiger partial charge < -0.3 is 4.74 Å². The summed E-state index contributed by atoms with van der Waals surface area (Å²) in [7, 11) is 1.14. The fourth-order valence-corrected chi connectivity index (χ4v) is 2.67. The molecule has 0 aliphatic rings. The number of nitrogens with zero attached hydrogens (tertiary/aromatic N) is 1. The van der Waals surface area contributed by atoms with Crippen molar-refractivity contribution in [3.8, 4) is 6.07 Å². The van der Waals surface area contributed by atoms with Crippen molar-refractivity contribution in [3.05, 3.63) is 27.7 Å². The SMILES string of the molecule is COC(=O)Cc1c(Br)ccc(C#N)c1SC(F)(F)F. The van der Waals surface area contributed by atoms with E-state index in [0.717, 1.165) is 7.11 Å². The van der Waals surface area contributed by atoms with Gasteiger partial charge in [0.1, 0.15) is 6.07 Å². The van der Waals surface area contributed by atoms with Gasteiger partial charge in [0.05, 0.1) is 19.1 Å². The maximum absolute atomic E-state index is 12.5. The molecule has 19 heavy (non-hydrogen) atoms. The molecule has 0 spiro atoms. The lowest BCUT2D eigenvalue weighted by Crippen LogP contribution is -2.09. The van der Waals surface area contributed by atoms with E-state index in [9.17, 15) is 18.0 Å². The Labute approximate surface area is 119 Å². The summed E-state index contributed by atoms with van der Waals surface area (Å²) >= 11 is 2.66. The second-order valence-corrected chi connectivity index (χ2v) is 5.24. The number of carbonyl (C=O) groups excluding carboxylic acids is 1. The molecule has 3 nitrogen and oxygen atoms in total. The number of hydrogen-bond donors (Lipinski definition) is 0. The summed E-state index contributed by atoms with van der Waals surface area (Å²) in [4.78, 5) is 11.0. The smallest absolute Gasteiger partial charge is 0.446 e. The number of nitriles is 1. The van der Waals surface area contributed by atoms with Crippen molar-refractivity contribution in [3.63, 3.8) is 0 Å². The molecule has 1 aromatic carbocycles. The lowest BCUT2D eigenvalue weighted by Gasteiger charge is -2.13. The van der Waals surface area contributed by atoms with Crippen molar-refractivity contribution in [1.29, 1.82) is 5.26 Å². The van der Waals surface area contributed by atoms with Gasteiger partial charge in [-0.2, -0.15) is 18.4 Å². The molecule has 1 aromatic rings. The van der Waals surface area contributed by atoms with E-state index in [1.807, 2.05) is 0 Å². The Morgan fingerprint density at radius 2 is 2.16 bits per heavy atom. The quantitative estimate of drug-likeness (QED) is 0.614. The Morgan fingerprint density at radius 3 is 2.63 bits per heavy atom. The van der Waals surface area contributed by atoms with Crippen molar-refractivity contribution in [2.75, 3.05) is 7.11 Å². The lowest BCUT2D eigenvalue weighted by atomic mass is 10.1. The molecule has 0 atom stereocenters. The van der Waals surface area contributed by atoms with E-state index in [1.54, 1.807) is 6.07 Å². The zero-order valence-corrected chi connectivity index (χ0v) is 11.9. The van der Waals surface area contributed by atoms with Crippen LogP contribution in [0, 0.1) is 11.3 Å². The van der Waals surface area contributed by atoms with Crippen LogP contribution in [-0.2, 0) is 16.0 Å². The van der Waals surface area contributed by atoms with Gasteiger partial charge >= 0.3 is 11.5 Å². The van der Waals surface area contributed by atoms with Gasteiger partial charge in [-0.1, -0.05) is 15.9 Å². The van der Waals surface area contributed by atoms with Gasteiger partial charge in [-0.3, -0.25) is 4.79 Å². The molecule has 0 heterocycles. The van der Waals surface area contributed by atoms with Gasteiger partial charge in [-0.05, 0) is 29.5 Å². The van der Waals surface area contributed by atoms with E-state index in [2.05, 4.69) is 20.7 Å². The summed E-state index contributed by atoms with van der Waals surface area (Å²) < 4.78 is 42.3. The van der Waals surface area contributed by atoms with E-state index in [-0.39, 0.29) is 22.4 Å². The van der Waals surface area contributed by atoms with Crippen molar-refractivity contribution >= 4 is 33.7 Å². The first kappa shape index (κ1) is 15.9. The third-order valence-corrected chi connectivity index (χ3v) is 3.74. The zero-order chi connectivity index (χ0) is 14.6. The minimum Gasteiger partial charge on any atom is -0.469 e. The molecule has 0 aromatic heterocycles. The molecule has 0 saturated heterocycles. The van der Waals surface area contributed by atoms with E-state index >= 15 is 0 Å². The van der Waals surface area contributed by atoms with Crippen LogP contribution in [0.4, 0.5) is 13.2 Å². The lowest BCUT2D eigenvalue weighted by molar-refractivity contribution is -0.139. The molecule has 8 heteroatoms. The predicted octanol–water partition coefficient (Wildman–Crippen LogP) is 3.65. The second-order valence-electron chi connectivity index (χ2n) is 3.32. The number of benzene rings is 1. The number of rotatable bonds is 3. The topological polar surface area (TPSA) is 50.1 Å². The Kier molecular flexibility index (Phi) is 5.26. The first-order chi connectivity index (χ1) is 8.78. The average Bonchev–Trinajstić information content (AvgIpc) is 2.32. The number of esters is 1. The predicted molar refractivity (Wildman–Crippen MR) is 66.5 cm³/mol. The van der Waals surface area contributed by atoms with Crippen molar-refractivity contribution in [1.82, 2.24) is 0 Å². The molecule has 0 radical (unpaired) electrons. The summed E-state index contributed by atoms with van der Waals surface area (Å²) in [6.07, 6.45) is -0.342. The number of hydrogen-bond acceptors (Lipinski definition) is 4. The third kappa shape index (κ3) is 4.44. The Hall–Kier alpha value is -1.20. The van der Waals surface area contributed by atoms with Gasteiger partial charge in [0, 0.05) is 9.37 Å². The fourth-order valence-electron chi connectivity index (χ4n) is 1.31. The van der Waals surface area contributed by atoms with E-state index in [0.29, 0.717) is 4.47 Å². The van der Waals surface area contributed by atoms with E-state index in [4.69, 9.17) is 5.26 Å². The Bertz CT molecular complexity index is 540. The maximum atomic E-state index is 12.5. The summed E-state index contributed by atoms with van der Waals surface area (Å²) in [6, 6.07) is 4.37. The molecule has 0 fully saturated rings. The first-order valence-corrected chi connectivity index (χ1v) is 6.43. The molecule has 0 aliphatic carbocycles. The van der Waals surface area contributed by atoms with Crippen LogP contribution in [0.3, 0.4) is 0 Å². The highest BCUT2D eigenvalue weighted by atomic mass is 79.9. The van der Waals surface area contributed by atoms with Crippen molar-refractivity contribution in [2.24, 2.45) is 0 Å². The molecule has 0 unspecified atom stereocenters.